The van der Waals surface area contributed by atoms with E-state index in [0.717, 1.165) is 0 Å². The number of allylic oxidation sites excluding steroid dienone is 1. The number of ketones is 1. The zero-order chi connectivity index (χ0) is 26.4. The van der Waals surface area contributed by atoms with Crippen molar-refractivity contribution in [2.75, 3.05) is 6.61 Å². The molecule has 2 heterocycles. The number of fused-ring (bicyclic) bond motifs is 2. The highest BCUT2D eigenvalue weighted by molar-refractivity contribution is 5.97. The lowest BCUT2D eigenvalue weighted by atomic mass is 9.37. The highest BCUT2D eigenvalue weighted by atomic mass is 16.6. The maximum Gasteiger partial charge on any atom is 0.331 e. The average molecular weight is 503 g/mol. The molecule has 2 saturated carbocycles. The minimum absolute atomic E-state index is 0.0439. The number of carbonyl (C=O) groups is 4. The quantitative estimate of drug-likeness (QED) is 0.436. The molecule has 9 nitrogen and oxygen atoms in total. The van der Waals surface area contributed by atoms with Crippen LogP contribution in [0.2, 0.25) is 0 Å². The number of aliphatic hydroxyl groups excluding tert-OH is 1. The molecule has 0 bridgehead atoms. The van der Waals surface area contributed by atoms with Crippen molar-refractivity contribution < 1.29 is 43.6 Å². The fraction of sp³-hybridized carbons (Fsp3) is 0.704. The molecule has 3 fully saturated rings. The highest BCUT2D eigenvalue weighted by Gasteiger charge is 2.74. The minimum Gasteiger partial charge on any atom is -0.462 e. The predicted molar refractivity (Wildman–Crippen MR) is 124 cm³/mol. The van der Waals surface area contributed by atoms with Crippen LogP contribution in [0.4, 0.5) is 0 Å². The molecule has 5 aliphatic rings. The van der Waals surface area contributed by atoms with Crippen molar-refractivity contribution in [1.82, 2.24) is 0 Å². The first-order chi connectivity index (χ1) is 16.7. The molecule has 196 valence electrons. The van der Waals surface area contributed by atoms with Gasteiger partial charge in [-0.3, -0.25) is 14.4 Å². The van der Waals surface area contributed by atoms with Crippen molar-refractivity contribution in [3.05, 3.63) is 23.8 Å². The van der Waals surface area contributed by atoms with Crippen molar-refractivity contribution in [3.63, 3.8) is 0 Å². The molecule has 3 aliphatic carbocycles. The van der Waals surface area contributed by atoms with E-state index in [1.165, 1.54) is 25.2 Å². The Morgan fingerprint density at radius 1 is 1.14 bits per heavy atom. The van der Waals surface area contributed by atoms with E-state index in [1.807, 2.05) is 20.8 Å². The van der Waals surface area contributed by atoms with Crippen LogP contribution in [-0.4, -0.2) is 64.4 Å². The second kappa shape index (κ2) is 7.74. The van der Waals surface area contributed by atoms with Crippen LogP contribution in [0.1, 0.15) is 53.9 Å². The van der Waals surface area contributed by atoms with Gasteiger partial charge in [-0.15, -0.1) is 0 Å². The number of cyclic esters (lactones) is 1. The van der Waals surface area contributed by atoms with Crippen LogP contribution in [-0.2, 0) is 33.4 Å². The third-order valence-corrected chi connectivity index (χ3v) is 9.95. The maximum absolute atomic E-state index is 13.6. The Kier molecular flexibility index (Phi) is 5.41. The molecule has 0 spiro atoms. The molecule has 0 radical (unpaired) electrons. The standard InChI is InChI=1S/C27H34O9/c1-13(29)34-15-11-24(2,23-14(12-28)8-20(31)36-23)16-10-21(32)35-19-9-17-25(3,33)7-6-18(30)26(17,4)22(15)27(16,19)5/h6-7,10,14-15,17,19,22-23,28,33H,8-9,11-12H2,1-5H3. The van der Waals surface area contributed by atoms with Gasteiger partial charge in [-0.05, 0) is 37.5 Å². The predicted octanol–water partition coefficient (Wildman–Crippen LogP) is 1.64. The Morgan fingerprint density at radius 2 is 1.83 bits per heavy atom. The summed E-state index contributed by atoms with van der Waals surface area (Å²) in [5, 5.41) is 21.4. The van der Waals surface area contributed by atoms with Gasteiger partial charge in [0.2, 0.25) is 0 Å². The van der Waals surface area contributed by atoms with Crippen molar-refractivity contribution in [2.45, 2.75) is 77.8 Å². The van der Waals surface area contributed by atoms with E-state index in [-0.39, 0.29) is 31.7 Å². The van der Waals surface area contributed by atoms with Crippen LogP contribution >= 0.6 is 0 Å². The molecular weight excluding hydrogens is 468 g/mol. The zero-order valence-corrected chi connectivity index (χ0v) is 21.3. The van der Waals surface area contributed by atoms with Gasteiger partial charge < -0.3 is 24.4 Å². The fourth-order valence-electron chi connectivity index (χ4n) is 8.62. The number of esters is 3. The van der Waals surface area contributed by atoms with Gasteiger partial charge in [0.1, 0.15) is 18.3 Å². The third-order valence-electron chi connectivity index (χ3n) is 9.95. The van der Waals surface area contributed by atoms with Crippen LogP contribution in [0.25, 0.3) is 0 Å². The maximum atomic E-state index is 13.6. The van der Waals surface area contributed by atoms with Crippen LogP contribution in [0.5, 0.6) is 0 Å². The van der Waals surface area contributed by atoms with E-state index >= 15 is 0 Å². The average Bonchev–Trinajstić information content (AvgIpc) is 3.16. The highest BCUT2D eigenvalue weighted by Crippen LogP contribution is 2.70. The van der Waals surface area contributed by atoms with E-state index < -0.39 is 75.8 Å². The zero-order valence-electron chi connectivity index (χ0n) is 21.3. The summed E-state index contributed by atoms with van der Waals surface area (Å²) in [6, 6.07) is 0. The first-order valence-corrected chi connectivity index (χ1v) is 12.6. The Labute approximate surface area is 209 Å². The second-order valence-electron chi connectivity index (χ2n) is 12.1. The molecule has 10 atom stereocenters. The van der Waals surface area contributed by atoms with Crippen LogP contribution in [0, 0.1) is 34.0 Å². The van der Waals surface area contributed by atoms with E-state index in [9.17, 15) is 29.4 Å². The van der Waals surface area contributed by atoms with E-state index in [2.05, 4.69) is 0 Å². The Hall–Kier alpha value is -2.52. The normalized spacial score (nSPS) is 49.4. The molecule has 5 rings (SSSR count). The van der Waals surface area contributed by atoms with Crippen LogP contribution in [0.3, 0.4) is 0 Å². The van der Waals surface area contributed by atoms with Gasteiger partial charge in [-0.25, -0.2) is 4.79 Å². The summed E-state index contributed by atoms with van der Waals surface area (Å²) in [5.74, 6) is -3.40. The molecule has 0 aromatic carbocycles. The van der Waals surface area contributed by atoms with Gasteiger partial charge >= 0.3 is 17.9 Å². The number of hydrogen-bond donors (Lipinski definition) is 2. The van der Waals surface area contributed by atoms with E-state index in [1.54, 1.807) is 6.92 Å². The number of hydrogen-bond acceptors (Lipinski definition) is 9. The molecule has 0 amide bonds. The topological polar surface area (TPSA) is 136 Å². The summed E-state index contributed by atoms with van der Waals surface area (Å²) in [6.07, 6.45) is 2.51. The minimum atomic E-state index is -1.35. The summed E-state index contributed by atoms with van der Waals surface area (Å²) < 4.78 is 17.6. The number of rotatable bonds is 3. The lowest BCUT2D eigenvalue weighted by Crippen LogP contribution is -2.72. The molecule has 2 N–H and O–H groups in total. The lowest BCUT2D eigenvalue weighted by Gasteiger charge is -2.68. The van der Waals surface area contributed by atoms with Crippen molar-refractivity contribution in [2.24, 2.45) is 34.0 Å². The Bertz CT molecular complexity index is 1100. The van der Waals surface area contributed by atoms with Gasteiger partial charge in [0.05, 0.1) is 18.6 Å². The van der Waals surface area contributed by atoms with Gasteiger partial charge in [-0.2, -0.15) is 0 Å². The molecule has 10 unspecified atom stereocenters. The summed E-state index contributed by atoms with van der Waals surface area (Å²) in [6.45, 7) is 8.25. The molecule has 0 aromatic heterocycles. The SMILES string of the molecule is CC(=O)OC1CC(C)(C2OC(=O)CC2CO)C2=CC(=O)OC3CC4C(C)(O)C=CC(=O)C4(C)C1C23C. The summed E-state index contributed by atoms with van der Waals surface area (Å²) in [7, 11) is 0. The lowest BCUT2D eigenvalue weighted by molar-refractivity contribution is -0.236. The molecular formula is C27H34O9. The van der Waals surface area contributed by atoms with Crippen LogP contribution in [0.15, 0.2) is 23.8 Å². The second-order valence-corrected chi connectivity index (χ2v) is 12.1. The Balaban J connectivity index is 1.75. The van der Waals surface area contributed by atoms with Crippen LogP contribution < -0.4 is 0 Å². The number of aliphatic hydroxyl groups is 2. The largest absolute Gasteiger partial charge is 0.462 e. The number of ether oxygens (including phenoxy) is 3. The van der Waals surface area contributed by atoms with E-state index in [0.29, 0.717) is 5.57 Å². The van der Waals surface area contributed by atoms with Gasteiger partial charge in [0.25, 0.3) is 0 Å². The molecule has 1 saturated heterocycles. The number of carbonyl (C=O) groups excluding carboxylic acids is 4. The first-order valence-electron chi connectivity index (χ1n) is 12.6. The summed E-state index contributed by atoms with van der Waals surface area (Å²) >= 11 is 0. The molecule has 36 heavy (non-hydrogen) atoms. The third kappa shape index (κ3) is 3.14. The first kappa shape index (κ1) is 25.1. The van der Waals surface area contributed by atoms with Gasteiger partial charge in [0, 0.05) is 47.0 Å². The van der Waals surface area contributed by atoms with Crippen molar-refractivity contribution >= 4 is 23.7 Å². The van der Waals surface area contributed by atoms with Crippen molar-refractivity contribution in [1.29, 1.82) is 0 Å². The smallest absolute Gasteiger partial charge is 0.331 e. The summed E-state index contributed by atoms with van der Waals surface area (Å²) in [4.78, 5) is 51.2. The van der Waals surface area contributed by atoms with E-state index in [4.69, 9.17) is 14.2 Å². The van der Waals surface area contributed by atoms with Gasteiger partial charge in [0.15, 0.2) is 5.78 Å². The summed E-state index contributed by atoms with van der Waals surface area (Å²) in [5.41, 5.74) is -3.73. The fourth-order valence-corrected chi connectivity index (χ4v) is 8.62. The molecule has 0 aromatic rings. The molecule has 9 heteroatoms. The van der Waals surface area contributed by atoms with Gasteiger partial charge in [-0.1, -0.05) is 20.8 Å². The van der Waals surface area contributed by atoms with Crippen molar-refractivity contribution in [3.8, 4) is 0 Å². The Morgan fingerprint density at radius 3 is 2.47 bits per heavy atom. The molecule has 2 aliphatic heterocycles. The monoisotopic (exact) mass is 502 g/mol.